The Labute approximate surface area is 180 Å². The van der Waals surface area contributed by atoms with E-state index in [1.165, 1.54) is 11.3 Å². The average molecular weight is 423 g/mol. The summed E-state index contributed by atoms with van der Waals surface area (Å²) in [6.07, 6.45) is 0.387. The Kier molecular flexibility index (Phi) is 6.62. The third kappa shape index (κ3) is 5.73. The molecule has 1 atom stereocenters. The molecular weight excluding hydrogens is 396 g/mol. The zero-order chi connectivity index (χ0) is 21.7. The number of carbonyl (C=O) groups is 2. The summed E-state index contributed by atoms with van der Waals surface area (Å²) in [5.41, 5.74) is 2.44. The zero-order valence-corrected chi connectivity index (χ0v) is 18.4. The van der Waals surface area contributed by atoms with Crippen molar-refractivity contribution >= 4 is 28.3 Å². The number of nitrogens with one attached hydrogen (secondary N) is 2. The fourth-order valence-corrected chi connectivity index (χ4v) is 3.54. The molecule has 2 N–H and O–H groups in total. The maximum atomic E-state index is 13.0. The van der Waals surface area contributed by atoms with Crippen LogP contribution in [-0.2, 0) is 16.0 Å². The van der Waals surface area contributed by atoms with Crippen molar-refractivity contribution in [2.24, 2.45) is 5.41 Å². The van der Waals surface area contributed by atoms with E-state index in [0.29, 0.717) is 11.6 Å². The molecule has 30 heavy (non-hydrogen) atoms. The molecule has 0 saturated heterocycles. The van der Waals surface area contributed by atoms with E-state index in [2.05, 4.69) is 20.8 Å². The molecular formula is C23H26N4O2S. The van der Waals surface area contributed by atoms with E-state index in [4.69, 9.17) is 0 Å². The SMILES string of the molecule is Cc1cccc(-c2nnc(NC(=O)[C@@H](Cc3ccccc3)NC(=O)C(C)(C)C)s2)c1. The number of benzene rings is 2. The molecule has 7 heteroatoms. The topological polar surface area (TPSA) is 84.0 Å². The lowest BCUT2D eigenvalue weighted by Gasteiger charge is -2.23. The summed E-state index contributed by atoms with van der Waals surface area (Å²) in [4.78, 5) is 25.5. The van der Waals surface area contributed by atoms with Crippen molar-refractivity contribution in [3.63, 3.8) is 0 Å². The Morgan fingerprint density at radius 1 is 1.03 bits per heavy atom. The van der Waals surface area contributed by atoms with Gasteiger partial charge in [0.1, 0.15) is 11.0 Å². The van der Waals surface area contributed by atoms with Crippen molar-refractivity contribution in [1.29, 1.82) is 0 Å². The molecule has 1 aromatic heterocycles. The van der Waals surface area contributed by atoms with Gasteiger partial charge in [-0.1, -0.05) is 86.2 Å². The van der Waals surface area contributed by atoms with Crippen LogP contribution in [0.2, 0.25) is 0 Å². The minimum absolute atomic E-state index is 0.184. The summed E-state index contributed by atoms with van der Waals surface area (Å²) in [7, 11) is 0. The van der Waals surface area contributed by atoms with Gasteiger partial charge in [0.05, 0.1) is 0 Å². The number of aryl methyl sites for hydroxylation is 1. The third-order valence-electron chi connectivity index (χ3n) is 4.51. The van der Waals surface area contributed by atoms with Gasteiger partial charge >= 0.3 is 0 Å². The molecule has 3 aromatic rings. The minimum Gasteiger partial charge on any atom is -0.344 e. The first-order valence-corrected chi connectivity index (χ1v) is 10.6. The molecule has 0 aliphatic heterocycles. The van der Waals surface area contributed by atoms with Crippen LogP contribution in [0.1, 0.15) is 31.9 Å². The lowest BCUT2D eigenvalue weighted by atomic mass is 9.94. The number of nitrogens with zero attached hydrogens (tertiary/aromatic N) is 2. The summed E-state index contributed by atoms with van der Waals surface area (Å²) in [5.74, 6) is -0.500. The minimum atomic E-state index is -0.717. The van der Waals surface area contributed by atoms with Crippen LogP contribution in [0.3, 0.4) is 0 Å². The predicted molar refractivity (Wildman–Crippen MR) is 120 cm³/mol. The number of rotatable bonds is 6. The van der Waals surface area contributed by atoms with Gasteiger partial charge < -0.3 is 5.32 Å². The Balaban J connectivity index is 1.76. The number of hydrogen-bond donors (Lipinski definition) is 2. The van der Waals surface area contributed by atoms with Gasteiger partial charge in [-0.15, -0.1) is 10.2 Å². The summed E-state index contributed by atoms with van der Waals surface area (Å²) in [6, 6.07) is 16.8. The number of aromatic nitrogens is 2. The molecule has 0 bridgehead atoms. The maximum absolute atomic E-state index is 13.0. The molecule has 2 amide bonds. The average Bonchev–Trinajstić information content (AvgIpc) is 3.16. The van der Waals surface area contributed by atoms with E-state index in [1.807, 2.05) is 82.3 Å². The molecule has 0 spiro atoms. The normalized spacial score (nSPS) is 12.3. The van der Waals surface area contributed by atoms with E-state index < -0.39 is 11.5 Å². The van der Waals surface area contributed by atoms with Crippen LogP contribution in [0.25, 0.3) is 10.6 Å². The lowest BCUT2D eigenvalue weighted by Crippen LogP contribution is -2.48. The molecule has 6 nitrogen and oxygen atoms in total. The first-order valence-electron chi connectivity index (χ1n) is 9.78. The van der Waals surface area contributed by atoms with Crippen molar-refractivity contribution in [2.45, 2.75) is 40.2 Å². The van der Waals surface area contributed by atoms with E-state index in [0.717, 1.165) is 21.7 Å². The van der Waals surface area contributed by atoms with Crippen molar-refractivity contribution in [1.82, 2.24) is 15.5 Å². The fraction of sp³-hybridized carbons (Fsp3) is 0.304. The molecule has 3 rings (SSSR count). The summed E-state index contributed by atoms with van der Waals surface area (Å²) >= 11 is 1.30. The van der Waals surface area contributed by atoms with Gasteiger partial charge in [0.2, 0.25) is 16.9 Å². The molecule has 0 fully saturated rings. The van der Waals surface area contributed by atoms with E-state index >= 15 is 0 Å². The first kappa shape index (κ1) is 21.6. The molecule has 0 radical (unpaired) electrons. The van der Waals surface area contributed by atoms with Crippen LogP contribution in [-0.4, -0.2) is 28.1 Å². The van der Waals surface area contributed by atoms with Crippen molar-refractivity contribution in [3.05, 3.63) is 65.7 Å². The highest BCUT2D eigenvalue weighted by molar-refractivity contribution is 7.18. The van der Waals surface area contributed by atoms with Crippen LogP contribution in [0.15, 0.2) is 54.6 Å². The highest BCUT2D eigenvalue weighted by atomic mass is 32.1. The van der Waals surface area contributed by atoms with Gasteiger partial charge in [-0.25, -0.2) is 0 Å². The van der Waals surface area contributed by atoms with E-state index in [9.17, 15) is 9.59 Å². The Morgan fingerprint density at radius 2 is 1.77 bits per heavy atom. The highest BCUT2D eigenvalue weighted by Crippen LogP contribution is 2.27. The number of carbonyl (C=O) groups excluding carboxylic acids is 2. The lowest BCUT2D eigenvalue weighted by molar-refractivity contribution is -0.132. The van der Waals surface area contributed by atoms with Crippen molar-refractivity contribution in [3.8, 4) is 10.6 Å². The molecule has 1 heterocycles. The highest BCUT2D eigenvalue weighted by Gasteiger charge is 2.28. The van der Waals surface area contributed by atoms with Crippen LogP contribution in [0, 0.1) is 12.3 Å². The van der Waals surface area contributed by atoms with Crippen LogP contribution in [0.5, 0.6) is 0 Å². The van der Waals surface area contributed by atoms with Gasteiger partial charge in [0.25, 0.3) is 0 Å². The van der Waals surface area contributed by atoms with Gasteiger partial charge in [0.15, 0.2) is 0 Å². The maximum Gasteiger partial charge on any atom is 0.249 e. The number of hydrogen-bond acceptors (Lipinski definition) is 5. The molecule has 0 aliphatic carbocycles. The third-order valence-corrected chi connectivity index (χ3v) is 5.39. The molecule has 2 aromatic carbocycles. The van der Waals surface area contributed by atoms with E-state index in [1.54, 1.807) is 0 Å². The number of amides is 2. The standard InChI is InChI=1S/C23H26N4O2S/c1-15-9-8-12-17(13-15)20-26-27-22(30-20)25-19(28)18(24-21(29)23(2,3)4)14-16-10-6-5-7-11-16/h5-13,18H,14H2,1-4H3,(H,24,29)(H,25,27,28)/t18-/m1/s1. The zero-order valence-electron chi connectivity index (χ0n) is 17.6. The molecule has 0 aliphatic rings. The Morgan fingerprint density at radius 3 is 2.43 bits per heavy atom. The molecule has 0 saturated carbocycles. The second-order valence-electron chi connectivity index (χ2n) is 8.24. The van der Waals surface area contributed by atoms with Crippen LogP contribution < -0.4 is 10.6 Å². The van der Waals surface area contributed by atoms with Crippen LogP contribution >= 0.6 is 11.3 Å². The first-order chi connectivity index (χ1) is 14.2. The fourth-order valence-electron chi connectivity index (χ4n) is 2.79. The number of anilines is 1. The summed E-state index contributed by atoms with van der Waals surface area (Å²) < 4.78 is 0. The van der Waals surface area contributed by atoms with Gasteiger partial charge in [-0.3, -0.25) is 14.9 Å². The van der Waals surface area contributed by atoms with Gasteiger partial charge in [0, 0.05) is 17.4 Å². The predicted octanol–water partition coefficient (Wildman–Crippen LogP) is 4.23. The molecule has 0 unspecified atom stereocenters. The summed E-state index contributed by atoms with van der Waals surface area (Å²) in [6.45, 7) is 7.47. The Bertz CT molecular complexity index is 1020. The second-order valence-corrected chi connectivity index (χ2v) is 9.21. The van der Waals surface area contributed by atoms with Gasteiger partial charge in [-0.05, 0) is 18.6 Å². The smallest absolute Gasteiger partial charge is 0.249 e. The van der Waals surface area contributed by atoms with Gasteiger partial charge in [-0.2, -0.15) is 0 Å². The summed E-state index contributed by atoms with van der Waals surface area (Å²) in [5, 5.41) is 15.1. The monoisotopic (exact) mass is 422 g/mol. The van der Waals surface area contributed by atoms with E-state index in [-0.39, 0.29) is 11.8 Å². The molecule has 156 valence electrons. The second kappa shape index (κ2) is 9.17. The van der Waals surface area contributed by atoms with Crippen molar-refractivity contribution in [2.75, 3.05) is 5.32 Å². The Hall–Kier alpha value is -3.06. The van der Waals surface area contributed by atoms with Crippen LogP contribution in [0.4, 0.5) is 5.13 Å². The van der Waals surface area contributed by atoms with Crippen molar-refractivity contribution < 1.29 is 9.59 Å². The quantitative estimate of drug-likeness (QED) is 0.623. The largest absolute Gasteiger partial charge is 0.344 e.